The number of hydrogen-bond acceptors (Lipinski definition) is 2. The van der Waals surface area contributed by atoms with E-state index in [0.29, 0.717) is 0 Å². The summed E-state index contributed by atoms with van der Waals surface area (Å²) in [7, 11) is 0. The number of nitrogens with zero attached hydrogens (tertiary/aromatic N) is 2. The van der Waals surface area contributed by atoms with Crippen LogP contribution in [0.15, 0.2) is 48.5 Å². The van der Waals surface area contributed by atoms with Gasteiger partial charge in [-0.1, -0.05) is 54.8 Å². The Morgan fingerprint density at radius 3 is 2.39 bits per heavy atom. The molecule has 0 fully saturated rings. The summed E-state index contributed by atoms with van der Waals surface area (Å²) in [5.74, 6) is 0.290. The number of aryl methyl sites for hydroxylation is 3. The first-order chi connectivity index (χ1) is 11.1. The van der Waals surface area contributed by atoms with Crippen molar-refractivity contribution in [3.63, 3.8) is 0 Å². The molecule has 0 aliphatic heterocycles. The van der Waals surface area contributed by atoms with E-state index in [4.69, 9.17) is 0 Å². The molecule has 1 aromatic heterocycles. The van der Waals surface area contributed by atoms with E-state index in [1.54, 1.807) is 0 Å². The molecule has 0 saturated carbocycles. The zero-order valence-electron chi connectivity index (χ0n) is 13.9. The van der Waals surface area contributed by atoms with Crippen molar-refractivity contribution < 1.29 is 5.11 Å². The van der Waals surface area contributed by atoms with Gasteiger partial charge in [-0.25, -0.2) is 4.68 Å². The predicted molar refractivity (Wildman–Crippen MR) is 94.1 cm³/mol. The first-order valence-electron chi connectivity index (χ1n) is 8.05. The quantitative estimate of drug-likeness (QED) is 0.751. The number of rotatable bonds is 4. The van der Waals surface area contributed by atoms with Crippen molar-refractivity contribution in [1.82, 2.24) is 9.78 Å². The number of aromatic hydroxyl groups is 1. The molecule has 2 aromatic carbocycles. The molecule has 0 aliphatic rings. The van der Waals surface area contributed by atoms with Crippen LogP contribution in [0.25, 0.3) is 16.9 Å². The zero-order chi connectivity index (χ0) is 16.4. The minimum absolute atomic E-state index is 0.290. The Kier molecular flexibility index (Phi) is 4.20. The highest BCUT2D eigenvalue weighted by Crippen LogP contribution is 2.35. The van der Waals surface area contributed by atoms with Gasteiger partial charge in [0.25, 0.3) is 0 Å². The normalized spacial score (nSPS) is 10.9. The minimum atomic E-state index is 0.290. The smallest absolute Gasteiger partial charge is 0.165 e. The second-order valence-corrected chi connectivity index (χ2v) is 6.01. The summed E-state index contributed by atoms with van der Waals surface area (Å²) in [6.07, 6.45) is 1.72. The molecule has 3 nitrogen and oxygen atoms in total. The lowest BCUT2D eigenvalue weighted by atomic mass is 10.1. The second-order valence-electron chi connectivity index (χ2n) is 6.01. The molecule has 0 atom stereocenters. The van der Waals surface area contributed by atoms with Gasteiger partial charge in [-0.15, -0.1) is 0 Å². The van der Waals surface area contributed by atoms with Crippen molar-refractivity contribution in [2.75, 3.05) is 0 Å². The van der Waals surface area contributed by atoms with Gasteiger partial charge < -0.3 is 5.11 Å². The molecule has 0 radical (unpaired) electrons. The molecule has 23 heavy (non-hydrogen) atoms. The Balaban J connectivity index is 2.21. The van der Waals surface area contributed by atoms with Gasteiger partial charge in [0.05, 0.1) is 5.69 Å². The van der Waals surface area contributed by atoms with Crippen LogP contribution in [0, 0.1) is 13.8 Å². The second kappa shape index (κ2) is 6.29. The van der Waals surface area contributed by atoms with Gasteiger partial charge in [-0.2, -0.15) is 5.10 Å². The predicted octanol–water partition coefficient (Wildman–Crippen LogP) is 4.81. The maximum atomic E-state index is 10.7. The van der Waals surface area contributed by atoms with Crippen molar-refractivity contribution in [1.29, 1.82) is 0 Å². The van der Waals surface area contributed by atoms with Gasteiger partial charge >= 0.3 is 0 Å². The van der Waals surface area contributed by atoms with Crippen molar-refractivity contribution in [3.8, 4) is 22.7 Å². The molecular formula is C20H22N2O. The fourth-order valence-electron chi connectivity index (χ4n) is 2.78. The molecule has 3 aromatic rings. The molecule has 0 bridgehead atoms. The van der Waals surface area contributed by atoms with Crippen LogP contribution < -0.4 is 0 Å². The Hall–Kier alpha value is -2.55. The monoisotopic (exact) mass is 306 g/mol. The van der Waals surface area contributed by atoms with E-state index in [1.807, 2.05) is 28.9 Å². The minimum Gasteiger partial charge on any atom is -0.504 e. The lowest BCUT2D eigenvalue weighted by Crippen LogP contribution is -2.00. The summed E-state index contributed by atoms with van der Waals surface area (Å²) in [5, 5.41) is 15.4. The highest BCUT2D eigenvalue weighted by atomic mass is 16.3. The van der Waals surface area contributed by atoms with E-state index in [9.17, 15) is 5.11 Å². The molecule has 0 spiro atoms. The van der Waals surface area contributed by atoms with Crippen LogP contribution in [-0.4, -0.2) is 14.9 Å². The van der Waals surface area contributed by atoms with Crippen LogP contribution in [-0.2, 0) is 6.42 Å². The molecule has 118 valence electrons. The summed E-state index contributed by atoms with van der Waals surface area (Å²) in [6, 6.07) is 16.4. The lowest BCUT2D eigenvalue weighted by molar-refractivity contribution is 0.469. The molecule has 0 unspecified atom stereocenters. The fourth-order valence-corrected chi connectivity index (χ4v) is 2.78. The van der Waals surface area contributed by atoms with Crippen LogP contribution in [0.3, 0.4) is 0 Å². The van der Waals surface area contributed by atoms with Gasteiger partial charge in [0.15, 0.2) is 5.75 Å². The van der Waals surface area contributed by atoms with Crippen LogP contribution in [0.5, 0.6) is 5.75 Å². The Morgan fingerprint density at radius 1 is 1.00 bits per heavy atom. The highest BCUT2D eigenvalue weighted by Gasteiger charge is 2.19. The summed E-state index contributed by atoms with van der Waals surface area (Å²) in [6.45, 7) is 6.21. The maximum Gasteiger partial charge on any atom is 0.165 e. The summed E-state index contributed by atoms with van der Waals surface area (Å²) < 4.78 is 1.86. The summed E-state index contributed by atoms with van der Waals surface area (Å²) in [4.78, 5) is 0. The van der Waals surface area contributed by atoms with Crippen LogP contribution in [0.4, 0.5) is 0 Å². The average molecular weight is 306 g/mol. The zero-order valence-corrected chi connectivity index (χ0v) is 13.9. The third-order valence-corrected chi connectivity index (χ3v) is 3.99. The lowest BCUT2D eigenvalue weighted by Gasteiger charge is -2.09. The van der Waals surface area contributed by atoms with E-state index >= 15 is 0 Å². The largest absolute Gasteiger partial charge is 0.504 e. The molecule has 0 amide bonds. The number of hydrogen-bond donors (Lipinski definition) is 1. The average Bonchev–Trinajstić information content (AvgIpc) is 2.85. The fraction of sp³-hybridized carbons (Fsp3) is 0.250. The van der Waals surface area contributed by atoms with Gasteiger partial charge in [0, 0.05) is 5.56 Å². The SMILES string of the molecule is CCCc1nn(-c2ccc(C)cc2)c(-c2cccc(C)c2)c1O. The van der Waals surface area contributed by atoms with Crippen LogP contribution in [0.1, 0.15) is 30.2 Å². The van der Waals surface area contributed by atoms with Gasteiger partial charge in [0.2, 0.25) is 0 Å². The van der Waals surface area contributed by atoms with E-state index in [-0.39, 0.29) is 5.75 Å². The maximum absolute atomic E-state index is 10.7. The summed E-state index contributed by atoms with van der Waals surface area (Å²) in [5.41, 5.74) is 5.83. The highest BCUT2D eigenvalue weighted by molar-refractivity contribution is 5.70. The molecule has 1 heterocycles. The molecule has 3 heteroatoms. The Labute approximate surface area is 137 Å². The van der Waals surface area contributed by atoms with Gasteiger partial charge in [-0.3, -0.25) is 0 Å². The Morgan fingerprint density at radius 2 is 1.74 bits per heavy atom. The third kappa shape index (κ3) is 3.00. The van der Waals surface area contributed by atoms with Crippen molar-refractivity contribution in [2.45, 2.75) is 33.6 Å². The number of benzene rings is 2. The van der Waals surface area contributed by atoms with Gasteiger partial charge in [0.1, 0.15) is 11.4 Å². The van der Waals surface area contributed by atoms with Crippen molar-refractivity contribution in [3.05, 3.63) is 65.4 Å². The number of aromatic nitrogens is 2. The van der Waals surface area contributed by atoms with Crippen LogP contribution in [0.2, 0.25) is 0 Å². The standard InChI is InChI=1S/C20H22N2O/c1-4-6-18-20(23)19(16-8-5-7-15(3)13-16)22(21-18)17-11-9-14(2)10-12-17/h5,7-13,23H,4,6H2,1-3H3. The summed E-state index contributed by atoms with van der Waals surface area (Å²) >= 11 is 0. The van der Waals surface area contributed by atoms with Gasteiger partial charge in [-0.05, 0) is 38.5 Å². The molecular weight excluding hydrogens is 284 g/mol. The van der Waals surface area contributed by atoms with Crippen LogP contribution >= 0.6 is 0 Å². The topological polar surface area (TPSA) is 38.0 Å². The molecule has 1 N–H and O–H groups in total. The molecule has 0 aliphatic carbocycles. The first-order valence-corrected chi connectivity index (χ1v) is 8.05. The third-order valence-electron chi connectivity index (χ3n) is 3.99. The molecule has 0 saturated heterocycles. The first kappa shape index (κ1) is 15.3. The van der Waals surface area contributed by atoms with Crippen molar-refractivity contribution >= 4 is 0 Å². The van der Waals surface area contributed by atoms with E-state index in [1.165, 1.54) is 5.56 Å². The Bertz CT molecular complexity index is 816. The van der Waals surface area contributed by atoms with E-state index < -0.39 is 0 Å². The molecule has 3 rings (SSSR count). The van der Waals surface area contributed by atoms with Crippen molar-refractivity contribution in [2.24, 2.45) is 0 Å². The van der Waals surface area contributed by atoms with E-state index in [2.05, 4.69) is 50.1 Å². The van der Waals surface area contributed by atoms with E-state index in [0.717, 1.165) is 41.0 Å².